The molecule has 18 heavy (non-hydrogen) atoms. The van der Waals surface area contributed by atoms with E-state index < -0.39 is 0 Å². The normalized spacial score (nSPS) is 27.5. The van der Waals surface area contributed by atoms with Crippen molar-refractivity contribution in [2.45, 2.75) is 44.1 Å². The van der Waals surface area contributed by atoms with Crippen LogP contribution in [-0.4, -0.2) is 41.7 Å². The number of aromatic nitrogens is 2. The molecular weight excluding hydrogens is 228 g/mol. The molecule has 2 fully saturated rings. The zero-order chi connectivity index (χ0) is 12.4. The summed E-state index contributed by atoms with van der Waals surface area (Å²) < 4.78 is 5.50. The second-order valence-corrected chi connectivity index (χ2v) is 5.51. The van der Waals surface area contributed by atoms with Crippen LogP contribution in [0.5, 0.6) is 0 Å². The van der Waals surface area contributed by atoms with Crippen LogP contribution < -0.4 is 5.32 Å². The molecule has 1 atom stereocenters. The van der Waals surface area contributed by atoms with Gasteiger partial charge < -0.3 is 9.84 Å². The molecule has 2 aliphatic heterocycles. The maximum atomic E-state index is 5.50. The molecule has 1 unspecified atom stereocenters. The fraction of sp³-hybridized carbons (Fsp3) is 0.846. The van der Waals surface area contributed by atoms with Gasteiger partial charge in [0.05, 0.1) is 6.04 Å². The fourth-order valence-corrected chi connectivity index (χ4v) is 3.02. The van der Waals surface area contributed by atoms with Crippen molar-refractivity contribution >= 4 is 0 Å². The minimum absolute atomic E-state index is 0.335. The molecule has 0 spiro atoms. The van der Waals surface area contributed by atoms with Gasteiger partial charge >= 0.3 is 0 Å². The molecule has 5 heteroatoms. The molecule has 2 saturated heterocycles. The van der Waals surface area contributed by atoms with Crippen molar-refractivity contribution in [3.63, 3.8) is 0 Å². The van der Waals surface area contributed by atoms with Gasteiger partial charge in [0.2, 0.25) is 5.89 Å². The quantitative estimate of drug-likeness (QED) is 0.865. The minimum atomic E-state index is 0.335. The molecule has 0 amide bonds. The van der Waals surface area contributed by atoms with Crippen molar-refractivity contribution < 1.29 is 4.52 Å². The van der Waals surface area contributed by atoms with E-state index in [-0.39, 0.29) is 0 Å². The van der Waals surface area contributed by atoms with E-state index in [2.05, 4.69) is 27.4 Å². The highest BCUT2D eigenvalue weighted by atomic mass is 16.5. The van der Waals surface area contributed by atoms with Crippen LogP contribution in [0.25, 0.3) is 0 Å². The molecule has 3 heterocycles. The number of likely N-dealkylation sites (tertiary alicyclic amines) is 1. The molecule has 5 nitrogen and oxygen atoms in total. The molecule has 1 aromatic rings. The van der Waals surface area contributed by atoms with Gasteiger partial charge in [-0.05, 0) is 52.4 Å². The van der Waals surface area contributed by atoms with E-state index in [1.54, 1.807) is 0 Å². The third-order valence-electron chi connectivity index (χ3n) is 4.22. The number of hydrogen-bond acceptors (Lipinski definition) is 5. The highest BCUT2D eigenvalue weighted by Crippen LogP contribution is 2.30. The van der Waals surface area contributed by atoms with Crippen molar-refractivity contribution in [3.8, 4) is 0 Å². The Bertz CT molecular complexity index is 386. The zero-order valence-corrected chi connectivity index (χ0v) is 11.1. The Balaban J connectivity index is 1.71. The Morgan fingerprint density at radius 1 is 1.22 bits per heavy atom. The summed E-state index contributed by atoms with van der Waals surface area (Å²) in [5.41, 5.74) is 0. The van der Waals surface area contributed by atoms with Crippen LogP contribution in [0.4, 0.5) is 0 Å². The molecule has 0 radical (unpaired) electrons. The molecule has 0 bridgehead atoms. The van der Waals surface area contributed by atoms with E-state index in [4.69, 9.17) is 4.52 Å². The number of nitrogens with one attached hydrogen (secondary N) is 1. The van der Waals surface area contributed by atoms with Crippen LogP contribution >= 0.6 is 0 Å². The van der Waals surface area contributed by atoms with Crippen molar-refractivity contribution in [2.24, 2.45) is 0 Å². The zero-order valence-electron chi connectivity index (χ0n) is 11.1. The maximum Gasteiger partial charge on any atom is 0.243 e. The smallest absolute Gasteiger partial charge is 0.243 e. The highest BCUT2D eigenvalue weighted by molar-refractivity contribution is 5.01. The first kappa shape index (κ1) is 12.1. The molecule has 100 valence electrons. The lowest BCUT2D eigenvalue weighted by Crippen LogP contribution is -2.30. The van der Waals surface area contributed by atoms with Crippen molar-refractivity contribution in [1.29, 1.82) is 0 Å². The first-order valence-electron chi connectivity index (χ1n) is 7.09. The number of nitrogens with zero attached hydrogens (tertiary/aromatic N) is 3. The molecule has 3 rings (SSSR count). The van der Waals surface area contributed by atoms with Gasteiger partial charge in [0, 0.05) is 5.92 Å². The van der Waals surface area contributed by atoms with Crippen LogP contribution in [0.15, 0.2) is 4.52 Å². The van der Waals surface area contributed by atoms with Crippen molar-refractivity contribution in [3.05, 3.63) is 11.7 Å². The van der Waals surface area contributed by atoms with E-state index in [0.717, 1.165) is 50.6 Å². The average molecular weight is 250 g/mol. The first-order valence-corrected chi connectivity index (χ1v) is 7.09. The predicted octanol–water partition coefficient (Wildman–Crippen LogP) is 1.69. The maximum absolute atomic E-state index is 5.50. The lowest BCUT2D eigenvalue weighted by Gasteiger charge is -2.29. The summed E-state index contributed by atoms with van der Waals surface area (Å²) >= 11 is 0. The summed E-state index contributed by atoms with van der Waals surface area (Å²) in [5, 5.41) is 7.58. The number of hydrogen-bond donors (Lipinski definition) is 1. The van der Waals surface area contributed by atoms with Gasteiger partial charge in [-0.2, -0.15) is 4.98 Å². The van der Waals surface area contributed by atoms with Crippen LogP contribution in [-0.2, 0) is 0 Å². The molecule has 1 aromatic heterocycles. The predicted molar refractivity (Wildman–Crippen MR) is 68.4 cm³/mol. The van der Waals surface area contributed by atoms with E-state index >= 15 is 0 Å². The highest BCUT2D eigenvalue weighted by Gasteiger charge is 2.28. The Labute approximate surface area is 108 Å². The van der Waals surface area contributed by atoms with Gasteiger partial charge in [-0.1, -0.05) is 11.6 Å². The van der Waals surface area contributed by atoms with Gasteiger partial charge in [0.1, 0.15) is 0 Å². The van der Waals surface area contributed by atoms with E-state index in [1.165, 1.54) is 12.8 Å². The van der Waals surface area contributed by atoms with Crippen LogP contribution in [0.1, 0.15) is 55.8 Å². The fourth-order valence-electron chi connectivity index (χ4n) is 3.02. The lowest BCUT2D eigenvalue weighted by atomic mass is 9.97. The Morgan fingerprint density at radius 2 is 2.06 bits per heavy atom. The van der Waals surface area contributed by atoms with Gasteiger partial charge in [0.25, 0.3) is 0 Å². The topological polar surface area (TPSA) is 54.2 Å². The Kier molecular flexibility index (Phi) is 3.61. The second-order valence-electron chi connectivity index (χ2n) is 5.51. The monoisotopic (exact) mass is 250 g/mol. The first-order chi connectivity index (χ1) is 8.84. The third-order valence-corrected chi connectivity index (χ3v) is 4.22. The van der Waals surface area contributed by atoms with Crippen LogP contribution in [0, 0.1) is 0 Å². The molecule has 0 aliphatic carbocycles. The van der Waals surface area contributed by atoms with Gasteiger partial charge in [-0.15, -0.1) is 0 Å². The Hall–Kier alpha value is -0.940. The van der Waals surface area contributed by atoms with E-state index in [9.17, 15) is 0 Å². The second kappa shape index (κ2) is 5.36. The summed E-state index contributed by atoms with van der Waals surface area (Å²) in [6.07, 6.45) is 5.94. The SMILES string of the molecule is CN1CCCCC1c1nc(C2CCNCC2)no1. The lowest BCUT2D eigenvalue weighted by molar-refractivity contribution is 0.150. The van der Waals surface area contributed by atoms with E-state index in [1.807, 2.05) is 0 Å². The van der Waals surface area contributed by atoms with Crippen molar-refractivity contribution in [1.82, 2.24) is 20.4 Å². The largest absolute Gasteiger partial charge is 0.338 e. The summed E-state index contributed by atoms with van der Waals surface area (Å²) in [4.78, 5) is 7.00. The van der Waals surface area contributed by atoms with Crippen molar-refractivity contribution in [2.75, 3.05) is 26.7 Å². The summed E-state index contributed by atoms with van der Waals surface area (Å²) in [5.74, 6) is 2.23. The molecule has 2 aliphatic rings. The van der Waals surface area contributed by atoms with Gasteiger partial charge in [0.15, 0.2) is 5.82 Å². The molecule has 0 aromatic carbocycles. The van der Waals surface area contributed by atoms with Crippen LogP contribution in [0.2, 0.25) is 0 Å². The summed E-state index contributed by atoms with van der Waals surface area (Å²) in [7, 11) is 2.15. The summed E-state index contributed by atoms with van der Waals surface area (Å²) in [6.45, 7) is 3.27. The van der Waals surface area contributed by atoms with Crippen LogP contribution in [0.3, 0.4) is 0 Å². The van der Waals surface area contributed by atoms with Gasteiger partial charge in [-0.25, -0.2) is 0 Å². The molecular formula is C13H22N4O. The summed E-state index contributed by atoms with van der Waals surface area (Å²) in [6, 6.07) is 0.335. The molecule has 1 N–H and O–H groups in total. The van der Waals surface area contributed by atoms with E-state index in [0.29, 0.717) is 12.0 Å². The van der Waals surface area contributed by atoms with Gasteiger partial charge in [-0.3, -0.25) is 4.90 Å². The average Bonchev–Trinajstić information content (AvgIpc) is 2.90. The number of piperidine rings is 2. The third kappa shape index (κ3) is 2.42. The molecule has 0 saturated carbocycles. The number of rotatable bonds is 2. The minimum Gasteiger partial charge on any atom is -0.338 e. The standard InChI is InChI=1S/C13H22N4O/c1-17-9-3-2-4-11(17)13-15-12(16-18-13)10-5-7-14-8-6-10/h10-11,14H,2-9H2,1H3. The Morgan fingerprint density at radius 3 is 2.83 bits per heavy atom.